The van der Waals surface area contributed by atoms with Crippen LogP contribution in [0.4, 0.5) is 0 Å². The van der Waals surface area contributed by atoms with E-state index in [1.165, 1.54) is 0 Å². The first kappa shape index (κ1) is 17.9. The molecule has 1 aliphatic heterocycles. The van der Waals surface area contributed by atoms with Gasteiger partial charge in [-0.3, -0.25) is 9.59 Å². The number of hydrogen-bond donors (Lipinski definition) is 1. The van der Waals surface area contributed by atoms with Gasteiger partial charge in [0.2, 0.25) is 5.91 Å². The van der Waals surface area contributed by atoms with E-state index in [4.69, 9.17) is 0 Å². The Morgan fingerprint density at radius 1 is 1.25 bits per heavy atom. The van der Waals surface area contributed by atoms with Crippen LogP contribution >= 0.6 is 22.7 Å². The van der Waals surface area contributed by atoms with Crippen molar-refractivity contribution in [1.29, 1.82) is 0 Å². The minimum absolute atomic E-state index is 0.0352. The summed E-state index contributed by atoms with van der Waals surface area (Å²) < 4.78 is 3.13. The van der Waals surface area contributed by atoms with E-state index in [9.17, 15) is 9.59 Å². The number of carbonyl (C=O) groups excluding carboxylic acids is 2. The minimum atomic E-state index is -0.912. The quantitative estimate of drug-likeness (QED) is 0.696. The van der Waals surface area contributed by atoms with Crippen LogP contribution in [0.15, 0.2) is 35.0 Å². The normalized spacial score (nSPS) is 22.8. The topological polar surface area (TPSA) is 54.3 Å². The van der Waals surface area contributed by atoms with Crippen molar-refractivity contribution < 1.29 is 9.59 Å². The van der Waals surface area contributed by atoms with Crippen LogP contribution in [0.1, 0.15) is 48.0 Å². The zero-order valence-electron chi connectivity index (χ0n) is 15.8. The van der Waals surface area contributed by atoms with Gasteiger partial charge in [-0.1, -0.05) is 18.9 Å². The lowest BCUT2D eigenvalue weighted by atomic mass is 9.94. The van der Waals surface area contributed by atoms with Crippen LogP contribution < -0.4 is 5.32 Å². The fraction of sp³-hybridized carbons (Fsp3) is 0.429. The second kappa shape index (κ2) is 6.74. The average Bonchev–Trinajstić information content (AvgIpc) is 3.44. The molecule has 0 aromatic carbocycles. The highest BCUT2D eigenvalue weighted by Gasteiger charge is 2.48. The number of fused-ring (bicyclic) bond motifs is 3. The highest BCUT2D eigenvalue weighted by molar-refractivity contribution is 7.17. The predicted molar refractivity (Wildman–Crippen MR) is 113 cm³/mol. The van der Waals surface area contributed by atoms with E-state index in [-0.39, 0.29) is 17.9 Å². The molecule has 2 aliphatic rings. The van der Waals surface area contributed by atoms with Gasteiger partial charge in [0.25, 0.3) is 5.91 Å². The van der Waals surface area contributed by atoms with Gasteiger partial charge in [-0.15, -0.1) is 22.7 Å². The number of aromatic nitrogens is 1. The number of thiophene rings is 2. The monoisotopic (exact) mass is 413 g/mol. The van der Waals surface area contributed by atoms with Gasteiger partial charge in [0, 0.05) is 10.9 Å². The molecule has 5 rings (SSSR count). The number of rotatable bonds is 4. The maximum atomic E-state index is 13.5. The first-order chi connectivity index (χ1) is 13.6. The largest absolute Gasteiger partial charge is 0.351 e. The molecule has 0 spiro atoms. The molecule has 1 N–H and O–H groups in total. The lowest BCUT2D eigenvalue weighted by Gasteiger charge is -2.44. The minimum Gasteiger partial charge on any atom is -0.351 e. The molecular weight excluding hydrogens is 390 g/mol. The third-order valence-corrected chi connectivity index (χ3v) is 7.84. The second-order valence-electron chi connectivity index (χ2n) is 7.99. The Morgan fingerprint density at radius 3 is 2.82 bits per heavy atom. The van der Waals surface area contributed by atoms with Crippen LogP contribution in [0.25, 0.3) is 10.2 Å². The maximum Gasteiger partial charge on any atom is 0.271 e. The molecule has 3 aromatic heterocycles. The second-order valence-corrected chi connectivity index (χ2v) is 9.97. The molecule has 0 unspecified atom stereocenters. The highest BCUT2D eigenvalue weighted by atomic mass is 32.1. The number of nitrogens with one attached hydrogen (secondary N) is 1. The molecule has 0 bridgehead atoms. The van der Waals surface area contributed by atoms with Crippen molar-refractivity contribution in [2.75, 3.05) is 0 Å². The number of amides is 2. The maximum absolute atomic E-state index is 13.5. The Bertz CT molecular complexity index is 1030. The molecule has 1 aliphatic carbocycles. The van der Waals surface area contributed by atoms with Gasteiger partial charge in [-0.2, -0.15) is 0 Å². The fourth-order valence-corrected chi connectivity index (χ4v) is 6.01. The number of hydrogen-bond acceptors (Lipinski definition) is 4. The Morgan fingerprint density at radius 2 is 2.07 bits per heavy atom. The molecule has 0 saturated heterocycles. The summed E-state index contributed by atoms with van der Waals surface area (Å²) in [6.07, 6.45) is 4.39. The lowest BCUT2D eigenvalue weighted by molar-refractivity contribution is -0.133. The average molecular weight is 414 g/mol. The molecule has 4 heterocycles. The molecule has 5 nitrogen and oxygen atoms in total. The van der Waals surface area contributed by atoms with Crippen molar-refractivity contribution in [2.24, 2.45) is 0 Å². The van der Waals surface area contributed by atoms with E-state index in [1.807, 2.05) is 46.5 Å². The summed E-state index contributed by atoms with van der Waals surface area (Å²) in [6.45, 7) is 2.87. The number of nitrogens with zero attached hydrogens (tertiary/aromatic N) is 2. The van der Waals surface area contributed by atoms with Gasteiger partial charge in [-0.25, -0.2) is 0 Å². The molecular formula is C21H23N3O2S2. The van der Waals surface area contributed by atoms with Crippen molar-refractivity contribution in [1.82, 2.24) is 14.8 Å². The van der Waals surface area contributed by atoms with Crippen LogP contribution in [0.2, 0.25) is 0 Å². The summed E-state index contributed by atoms with van der Waals surface area (Å²) in [5, 5.41) is 7.29. The van der Waals surface area contributed by atoms with E-state index in [0.717, 1.165) is 40.8 Å². The van der Waals surface area contributed by atoms with Crippen LogP contribution in [0, 0.1) is 0 Å². The standard InChI is InChI=1S/C21H23N3O2S2/c1-21(20(26)22-14-5-2-3-6-14)13-23-16-8-10-28-18(16)11-17(23)19(25)24(21)12-15-7-4-9-27-15/h4,7-11,14H,2-3,5-6,12-13H2,1H3,(H,22,26)/t21-/m1/s1. The van der Waals surface area contributed by atoms with Gasteiger partial charge >= 0.3 is 0 Å². The molecule has 1 fully saturated rings. The van der Waals surface area contributed by atoms with Crippen molar-refractivity contribution in [3.8, 4) is 0 Å². The molecule has 2 amide bonds. The molecule has 3 aromatic rings. The van der Waals surface area contributed by atoms with Gasteiger partial charge in [-0.05, 0) is 48.7 Å². The summed E-state index contributed by atoms with van der Waals surface area (Å²) >= 11 is 3.26. The molecule has 1 saturated carbocycles. The SMILES string of the molecule is C[C@]1(C(=O)NC2CCCC2)Cn2c(cc3sccc32)C(=O)N1Cc1cccs1. The Labute approximate surface area is 172 Å². The van der Waals surface area contributed by atoms with Crippen molar-refractivity contribution in [3.63, 3.8) is 0 Å². The van der Waals surface area contributed by atoms with E-state index in [1.54, 1.807) is 27.6 Å². The van der Waals surface area contributed by atoms with Gasteiger partial charge < -0.3 is 14.8 Å². The van der Waals surface area contributed by atoms with Crippen LogP contribution in [0.5, 0.6) is 0 Å². The fourth-order valence-electron chi connectivity index (χ4n) is 4.49. The third-order valence-electron chi connectivity index (χ3n) is 6.12. The third kappa shape index (κ3) is 2.79. The summed E-state index contributed by atoms with van der Waals surface area (Å²) in [6, 6.07) is 8.26. The number of carbonyl (C=O) groups is 2. The lowest BCUT2D eigenvalue weighted by Crippen LogP contribution is -2.64. The van der Waals surface area contributed by atoms with E-state index < -0.39 is 5.54 Å². The Kier molecular flexibility index (Phi) is 4.32. The smallest absolute Gasteiger partial charge is 0.271 e. The van der Waals surface area contributed by atoms with E-state index in [0.29, 0.717) is 18.8 Å². The molecule has 7 heteroatoms. The Balaban J connectivity index is 1.55. The molecule has 0 radical (unpaired) electrons. The predicted octanol–water partition coefficient (Wildman–Crippen LogP) is 4.24. The highest BCUT2D eigenvalue weighted by Crippen LogP contribution is 2.36. The zero-order valence-corrected chi connectivity index (χ0v) is 17.4. The summed E-state index contributed by atoms with van der Waals surface area (Å²) in [5.41, 5.74) is 0.818. The summed E-state index contributed by atoms with van der Waals surface area (Å²) in [4.78, 5) is 29.8. The molecule has 1 atom stereocenters. The molecule has 28 heavy (non-hydrogen) atoms. The van der Waals surface area contributed by atoms with Crippen LogP contribution in [-0.4, -0.2) is 32.9 Å². The summed E-state index contributed by atoms with van der Waals surface area (Å²) in [5.74, 6) is -0.0980. The Hall–Kier alpha value is -2.12. The van der Waals surface area contributed by atoms with Crippen molar-refractivity contribution in [2.45, 2.75) is 57.3 Å². The first-order valence-electron chi connectivity index (χ1n) is 9.78. The van der Waals surface area contributed by atoms with E-state index in [2.05, 4.69) is 5.32 Å². The van der Waals surface area contributed by atoms with Gasteiger partial charge in [0.1, 0.15) is 11.2 Å². The summed E-state index contributed by atoms with van der Waals surface area (Å²) in [7, 11) is 0. The first-order valence-corrected chi connectivity index (χ1v) is 11.5. The van der Waals surface area contributed by atoms with Gasteiger partial charge in [0.15, 0.2) is 0 Å². The van der Waals surface area contributed by atoms with Crippen molar-refractivity contribution in [3.05, 3.63) is 45.6 Å². The van der Waals surface area contributed by atoms with Gasteiger partial charge in [0.05, 0.1) is 23.3 Å². The zero-order chi connectivity index (χ0) is 19.3. The molecule has 146 valence electrons. The van der Waals surface area contributed by atoms with E-state index >= 15 is 0 Å². The van der Waals surface area contributed by atoms with Crippen molar-refractivity contribution >= 4 is 44.7 Å². The van der Waals surface area contributed by atoms with Crippen LogP contribution in [-0.2, 0) is 17.9 Å². The van der Waals surface area contributed by atoms with Crippen LogP contribution in [0.3, 0.4) is 0 Å².